The van der Waals surface area contributed by atoms with Crippen LogP contribution in [0.5, 0.6) is 0 Å². The van der Waals surface area contributed by atoms with Crippen LogP contribution < -0.4 is 10.2 Å². The number of aromatic nitrogens is 1. The fourth-order valence-electron chi connectivity index (χ4n) is 3.72. The number of nitrogens with one attached hydrogen (secondary N) is 2. The zero-order chi connectivity index (χ0) is 19.8. The normalized spacial score (nSPS) is 15.2. The van der Waals surface area contributed by atoms with Gasteiger partial charge < -0.3 is 20.1 Å². The van der Waals surface area contributed by atoms with Gasteiger partial charge in [0.1, 0.15) is 11.5 Å². The Morgan fingerprint density at radius 2 is 1.75 bits per heavy atom. The predicted molar refractivity (Wildman–Crippen MR) is 112 cm³/mol. The number of halogens is 1. The van der Waals surface area contributed by atoms with Gasteiger partial charge in [0, 0.05) is 42.9 Å². The lowest BCUT2D eigenvalue weighted by atomic mass is 10.1. The molecule has 3 aromatic rings. The van der Waals surface area contributed by atoms with E-state index in [2.05, 4.69) is 34.1 Å². The Kier molecular flexibility index (Phi) is 4.81. The van der Waals surface area contributed by atoms with E-state index in [1.54, 1.807) is 12.1 Å². The SMILES string of the molecule is Cc1ccc(NC(=O)c2cc3c(F)ccc(C)c3[nH]2)cc1N1CCN(C)CC1. The molecule has 6 heteroatoms. The minimum absolute atomic E-state index is 0.275. The molecule has 2 aromatic carbocycles. The van der Waals surface area contributed by atoms with Crippen molar-refractivity contribution >= 4 is 28.2 Å². The number of benzene rings is 2. The Bertz CT molecular complexity index is 995. The van der Waals surface area contributed by atoms with Crippen molar-refractivity contribution in [2.75, 3.05) is 43.4 Å². The van der Waals surface area contributed by atoms with Crippen LogP contribution in [0.15, 0.2) is 36.4 Å². The van der Waals surface area contributed by atoms with Gasteiger partial charge in [-0.3, -0.25) is 4.79 Å². The third-order valence-electron chi connectivity index (χ3n) is 5.50. The Morgan fingerprint density at radius 1 is 1.04 bits per heavy atom. The van der Waals surface area contributed by atoms with Gasteiger partial charge in [0.25, 0.3) is 5.91 Å². The van der Waals surface area contributed by atoms with E-state index in [9.17, 15) is 9.18 Å². The maximum Gasteiger partial charge on any atom is 0.272 e. The zero-order valence-electron chi connectivity index (χ0n) is 16.5. The van der Waals surface area contributed by atoms with Gasteiger partial charge in [-0.15, -0.1) is 0 Å². The Labute approximate surface area is 164 Å². The number of aryl methyl sites for hydroxylation is 2. The van der Waals surface area contributed by atoms with Gasteiger partial charge in [0.15, 0.2) is 0 Å². The van der Waals surface area contributed by atoms with Gasteiger partial charge in [-0.2, -0.15) is 0 Å². The Balaban J connectivity index is 1.57. The summed E-state index contributed by atoms with van der Waals surface area (Å²) >= 11 is 0. The van der Waals surface area contributed by atoms with Crippen LogP contribution in [0.2, 0.25) is 0 Å². The van der Waals surface area contributed by atoms with Crippen molar-refractivity contribution in [2.24, 2.45) is 0 Å². The predicted octanol–water partition coefficient (Wildman–Crippen LogP) is 3.93. The average Bonchev–Trinajstić information content (AvgIpc) is 3.14. The number of hydrogen-bond donors (Lipinski definition) is 2. The van der Waals surface area contributed by atoms with E-state index >= 15 is 0 Å². The van der Waals surface area contributed by atoms with E-state index in [1.807, 2.05) is 25.1 Å². The molecule has 5 nitrogen and oxygen atoms in total. The van der Waals surface area contributed by atoms with E-state index in [1.165, 1.54) is 11.6 Å². The Hall–Kier alpha value is -2.86. The standard InChI is InChI=1S/C22H25FN4O/c1-14-4-6-16(12-20(14)27-10-8-26(3)9-11-27)24-22(28)19-13-17-18(23)7-5-15(2)21(17)25-19/h4-7,12-13,25H,8-11H2,1-3H3,(H,24,28). The minimum Gasteiger partial charge on any atom is -0.369 e. The second-order valence-electron chi connectivity index (χ2n) is 7.58. The smallest absolute Gasteiger partial charge is 0.272 e. The number of amides is 1. The molecule has 0 unspecified atom stereocenters. The number of rotatable bonds is 3. The number of aromatic amines is 1. The molecule has 0 bridgehead atoms. The van der Waals surface area contributed by atoms with E-state index in [0.29, 0.717) is 16.6 Å². The molecule has 1 aliphatic rings. The first-order valence-electron chi connectivity index (χ1n) is 9.55. The van der Waals surface area contributed by atoms with Crippen molar-refractivity contribution in [3.63, 3.8) is 0 Å². The molecule has 1 aromatic heterocycles. The van der Waals surface area contributed by atoms with E-state index in [0.717, 1.165) is 43.1 Å². The summed E-state index contributed by atoms with van der Waals surface area (Å²) in [6, 6.07) is 10.7. The molecule has 0 aliphatic carbocycles. The van der Waals surface area contributed by atoms with Gasteiger partial charge in [-0.05, 0) is 56.3 Å². The van der Waals surface area contributed by atoms with Crippen LogP contribution in [0.4, 0.5) is 15.8 Å². The third-order valence-corrected chi connectivity index (χ3v) is 5.50. The van der Waals surface area contributed by atoms with Crippen LogP contribution in [0.1, 0.15) is 21.6 Å². The second kappa shape index (κ2) is 7.28. The molecular formula is C22H25FN4O. The summed E-state index contributed by atoms with van der Waals surface area (Å²) in [5, 5.41) is 3.38. The first kappa shape index (κ1) is 18.5. The number of likely N-dealkylation sites (N-methyl/N-ethyl adjacent to an activating group) is 1. The molecule has 2 heterocycles. The highest BCUT2D eigenvalue weighted by Gasteiger charge is 2.18. The molecule has 1 amide bonds. The third kappa shape index (κ3) is 3.47. The van der Waals surface area contributed by atoms with Crippen LogP contribution in [-0.4, -0.2) is 49.0 Å². The molecule has 28 heavy (non-hydrogen) atoms. The van der Waals surface area contributed by atoms with Crippen LogP contribution >= 0.6 is 0 Å². The number of hydrogen-bond acceptors (Lipinski definition) is 3. The molecule has 1 fully saturated rings. The number of anilines is 2. The lowest BCUT2D eigenvalue weighted by Crippen LogP contribution is -2.44. The molecule has 0 saturated carbocycles. The second-order valence-corrected chi connectivity index (χ2v) is 7.58. The number of carbonyl (C=O) groups excluding carboxylic acids is 1. The first-order valence-corrected chi connectivity index (χ1v) is 9.55. The molecule has 0 atom stereocenters. The van der Waals surface area contributed by atoms with Crippen molar-refractivity contribution < 1.29 is 9.18 Å². The van der Waals surface area contributed by atoms with Crippen molar-refractivity contribution in [1.29, 1.82) is 0 Å². The number of fused-ring (bicyclic) bond motifs is 1. The van der Waals surface area contributed by atoms with Crippen molar-refractivity contribution in [3.8, 4) is 0 Å². The highest BCUT2D eigenvalue weighted by atomic mass is 19.1. The molecule has 4 rings (SSSR count). The molecule has 0 spiro atoms. The molecule has 1 saturated heterocycles. The summed E-state index contributed by atoms with van der Waals surface area (Å²) in [5.74, 6) is -0.605. The van der Waals surface area contributed by atoms with Crippen LogP contribution in [0, 0.1) is 19.7 Å². The quantitative estimate of drug-likeness (QED) is 0.724. The van der Waals surface area contributed by atoms with Gasteiger partial charge in [0.05, 0.1) is 5.52 Å². The van der Waals surface area contributed by atoms with E-state index in [4.69, 9.17) is 0 Å². The summed E-state index contributed by atoms with van der Waals surface area (Å²) in [7, 11) is 2.13. The van der Waals surface area contributed by atoms with Crippen molar-refractivity contribution in [2.45, 2.75) is 13.8 Å². The maximum absolute atomic E-state index is 14.0. The molecule has 2 N–H and O–H groups in total. The van der Waals surface area contributed by atoms with Crippen molar-refractivity contribution in [1.82, 2.24) is 9.88 Å². The monoisotopic (exact) mass is 380 g/mol. The summed E-state index contributed by atoms with van der Waals surface area (Å²) < 4.78 is 14.0. The molecule has 146 valence electrons. The van der Waals surface area contributed by atoms with Crippen LogP contribution in [-0.2, 0) is 0 Å². The number of H-pyrrole nitrogens is 1. The number of piperazine rings is 1. The maximum atomic E-state index is 14.0. The highest BCUT2D eigenvalue weighted by Crippen LogP contribution is 2.27. The summed E-state index contributed by atoms with van der Waals surface area (Å²) in [5.41, 5.74) is 4.98. The summed E-state index contributed by atoms with van der Waals surface area (Å²) in [6.45, 7) is 7.96. The average molecular weight is 380 g/mol. The number of carbonyl (C=O) groups is 1. The largest absolute Gasteiger partial charge is 0.369 e. The fourth-order valence-corrected chi connectivity index (χ4v) is 3.72. The van der Waals surface area contributed by atoms with Gasteiger partial charge in [-0.1, -0.05) is 12.1 Å². The molecule has 0 radical (unpaired) electrons. The first-order chi connectivity index (χ1) is 13.4. The van der Waals surface area contributed by atoms with Crippen LogP contribution in [0.3, 0.4) is 0 Å². The summed E-state index contributed by atoms with van der Waals surface area (Å²) in [4.78, 5) is 20.5. The van der Waals surface area contributed by atoms with Crippen LogP contribution in [0.25, 0.3) is 10.9 Å². The lowest BCUT2D eigenvalue weighted by Gasteiger charge is -2.35. The van der Waals surface area contributed by atoms with Gasteiger partial charge in [-0.25, -0.2) is 4.39 Å². The Morgan fingerprint density at radius 3 is 2.46 bits per heavy atom. The number of nitrogens with zero attached hydrogens (tertiary/aromatic N) is 2. The highest BCUT2D eigenvalue weighted by molar-refractivity contribution is 6.06. The topological polar surface area (TPSA) is 51.4 Å². The van der Waals surface area contributed by atoms with Gasteiger partial charge >= 0.3 is 0 Å². The van der Waals surface area contributed by atoms with E-state index < -0.39 is 0 Å². The van der Waals surface area contributed by atoms with Gasteiger partial charge in [0.2, 0.25) is 0 Å². The lowest BCUT2D eigenvalue weighted by molar-refractivity contribution is 0.102. The van der Waals surface area contributed by atoms with E-state index in [-0.39, 0.29) is 11.7 Å². The molecule has 1 aliphatic heterocycles. The molecular weight excluding hydrogens is 355 g/mol. The minimum atomic E-state index is -0.330. The zero-order valence-corrected chi connectivity index (χ0v) is 16.5. The fraction of sp³-hybridized carbons (Fsp3) is 0.318. The van der Waals surface area contributed by atoms with Crippen molar-refractivity contribution in [3.05, 3.63) is 59.0 Å². The summed E-state index contributed by atoms with van der Waals surface area (Å²) in [6.07, 6.45) is 0.